The van der Waals surface area contributed by atoms with Crippen LogP contribution in [0.15, 0.2) is 42.5 Å². The molecule has 1 heterocycles. The van der Waals surface area contributed by atoms with Crippen LogP contribution >= 0.6 is 11.6 Å². The number of carbonyl (C=O) groups excluding carboxylic acids is 1. The predicted octanol–water partition coefficient (Wildman–Crippen LogP) is 3.10. The van der Waals surface area contributed by atoms with E-state index >= 15 is 0 Å². The van der Waals surface area contributed by atoms with Crippen LogP contribution in [0.4, 0.5) is 0 Å². The van der Waals surface area contributed by atoms with Crippen LogP contribution in [-0.4, -0.2) is 16.6 Å². The molecule has 1 saturated carbocycles. The molecule has 1 fully saturated rings. The largest absolute Gasteiger partial charge is 1.00 e. The molecule has 0 N–H and O–H groups in total. The molecule has 2 aromatic carbocycles. The molecule has 6 heteroatoms. The fraction of sp³-hybridized carbons (Fsp3) is 0.481. The SMILES string of the molecule is Cc1cc(-c2n(CC(=O)OC3C[C@H](C)CC[C@H]3C(C)C)c3ccccc3[n+]2C)ccc1Cl.[I-]. The van der Waals surface area contributed by atoms with Crippen molar-refractivity contribution >= 4 is 28.6 Å². The number of imidazole rings is 1. The van der Waals surface area contributed by atoms with Gasteiger partial charge in [-0.2, -0.15) is 0 Å². The number of para-hydroxylation sites is 2. The number of hydrogen-bond donors (Lipinski definition) is 0. The number of aromatic nitrogens is 2. The van der Waals surface area contributed by atoms with E-state index in [2.05, 4.69) is 48.1 Å². The third-order valence-corrected chi connectivity index (χ3v) is 7.48. The highest BCUT2D eigenvalue weighted by molar-refractivity contribution is 6.31. The lowest BCUT2D eigenvalue weighted by Crippen LogP contribution is -3.00. The molecule has 0 radical (unpaired) electrons. The van der Waals surface area contributed by atoms with Gasteiger partial charge >= 0.3 is 5.97 Å². The number of rotatable bonds is 5. The fourth-order valence-corrected chi connectivity index (χ4v) is 5.38. The highest BCUT2D eigenvalue weighted by atomic mass is 127. The second-order valence-corrected chi connectivity index (χ2v) is 10.2. The Morgan fingerprint density at radius 1 is 1.21 bits per heavy atom. The zero-order valence-corrected chi connectivity index (χ0v) is 23.1. The van der Waals surface area contributed by atoms with Crippen molar-refractivity contribution in [3.8, 4) is 11.4 Å². The van der Waals surface area contributed by atoms with Crippen LogP contribution in [0.5, 0.6) is 0 Å². The molecule has 3 atom stereocenters. The van der Waals surface area contributed by atoms with Gasteiger partial charge in [0.1, 0.15) is 6.10 Å². The molecule has 0 amide bonds. The van der Waals surface area contributed by atoms with Crippen molar-refractivity contribution in [2.75, 3.05) is 0 Å². The summed E-state index contributed by atoms with van der Waals surface area (Å²) < 4.78 is 10.4. The van der Waals surface area contributed by atoms with E-state index in [1.165, 1.54) is 6.42 Å². The first kappa shape index (κ1) is 26.0. The molecule has 0 bridgehead atoms. The molecule has 4 rings (SSSR count). The summed E-state index contributed by atoms with van der Waals surface area (Å²) >= 11 is 6.28. The molecule has 0 spiro atoms. The molecule has 0 aliphatic heterocycles. The molecular formula is C27H34ClIN2O2. The third-order valence-electron chi connectivity index (χ3n) is 7.05. The van der Waals surface area contributed by atoms with Crippen molar-refractivity contribution in [3.63, 3.8) is 0 Å². The minimum Gasteiger partial charge on any atom is -1.00 e. The molecule has 3 aromatic rings. The zero-order valence-electron chi connectivity index (χ0n) is 20.1. The number of benzene rings is 2. The third kappa shape index (κ3) is 5.40. The number of ether oxygens (including phenoxy) is 1. The maximum Gasteiger partial charge on any atom is 0.348 e. The second-order valence-electron chi connectivity index (χ2n) is 9.78. The Balaban J connectivity index is 0.00000306. The van der Waals surface area contributed by atoms with Gasteiger partial charge in [-0.15, -0.1) is 0 Å². The first-order chi connectivity index (χ1) is 15.3. The van der Waals surface area contributed by atoms with Gasteiger partial charge in [-0.1, -0.05) is 50.9 Å². The number of nitrogens with zero attached hydrogens (tertiary/aromatic N) is 2. The lowest BCUT2D eigenvalue weighted by Gasteiger charge is -2.36. The van der Waals surface area contributed by atoms with E-state index in [1.807, 2.05) is 38.2 Å². The minimum atomic E-state index is -0.164. The smallest absolute Gasteiger partial charge is 0.348 e. The molecule has 1 aliphatic carbocycles. The average Bonchev–Trinajstić information content (AvgIpc) is 3.02. The van der Waals surface area contributed by atoms with Crippen LogP contribution in [0.1, 0.15) is 45.6 Å². The summed E-state index contributed by atoms with van der Waals surface area (Å²) in [4.78, 5) is 13.2. The van der Waals surface area contributed by atoms with Gasteiger partial charge in [0.05, 0.1) is 12.6 Å². The van der Waals surface area contributed by atoms with E-state index < -0.39 is 0 Å². The van der Waals surface area contributed by atoms with Crippen LogP contribution < -0.4 is 28.5 Å². The normalized spacial score (nSPS) is 20.6. The van der Waals surface area contributed by atoms with E-state index in [1.54, 1.807) is 0 Å². The Bertz CT molecular complexity index is 1140. The van der Waals surface area contributed by atoms with E-state index in [9.17, 15) is 4.79 Å². The molecule has 1 aliphatic rings. The Kier molecular flexibility index (Phi) is 8.49. The van der Waals surface area contributed by atoms with Crippen molar-refractivity contribution in [2.45, 2.75) is 59.6 Å². The van der Waals surface area contributed by atoms with Crippen molar-refractivity contribution < 1.29 is 38.1 Å². The summed E-state index contributed by atoms with van der Waals surface area (Å²) in [5, 5.41) is 0.740. The lowest BCUT2D eigenvalue weighted by atomic mass is 9.75. The highest BCUT2D eigenvalue weighted by Crippen LogP contribution is 2.35. The Morgan fingerprint density at radius 2 is 1.94 bits per heavy atom. The van der Waals surface area contributed by atoms with Gasteiger partial charge in [-0.05, 0) is 73.4 Å². The Morgan fingerprint density at radius 3 is 2.64 bits per heavy atom. The van der Waals surface area contributed by atoms with Gasteiger partial charge in [0.15, 0.2) is 17.6 Å². The number of hydrogen-bond acceptors (Lipinski definition) is 2. The molecule has 33 heavy (non-hydrogen) atoms. The van der Waals surface area contributed by atoms with Crippen molar-refractivity contribution in [1.82, 2.24) is 4.57 Å². The van der Waals surface area contributed by atoms with Crippen molar-refractivity contribution in [3.05, 3.63) is 53.1 Å². The summed E-state index contributed by atoms with van der Waals surface area (Å²) in [6, 6.07) is 14.2. The van der Waals surface area contributed by atoms with Gasteiger partial charge in [0.2, 0.25) is 0 Å². The number of carbonyl (C=O) groups is 1. The molecule has 0 saturated heterocycles. The quantitative estimate of drug-likeness (QED) is 0.264. The fourth-order valence-electron chi connectivity index (χ4n) is 5.26. The second kappa shape index (κ2) is 10.8. The van der Waals surface area contributed by atoms with E-state index in [-0.39, 0.29) is 42.6 Å². The van der Waals surface area contributed by atoms with Gasteiger partial charge in [0, 0.05) is 5.02 Å². The Hall–Kier alpha value is -1.60. The summed E-state index contributed by atoms with van der Waals surface area (Å²) in [6.45, 7) is 8.93. The minimum absolute atomic E-state index is 0. The topological polar surface area (TPSA) is 35.1 Å². The van der Waals surface area contributed by atoms with E-state index in [4.69, 9.17) is 16.3 Å². The summed E-state index contributed by atoms with van der Waals surface area (Å²) in [5.41, 5.74) is 4.14. The molecule has 4 nitrogen and oxygen atoms in total. The van der Waals surface area contributed by atoms with Crippen LogP contribution in [0.3, 0.4) is 0 Å². The van der Waals surface area contributed by atoms with Gasteiger partial charge < -0.3 is 28.7 Å². The summed E-state index contributed by atoms with van der Waals surface area (Å²) in [5.74, 6) is 2.35. The maximum absolute atomic E-state index is 13.2. The molecule has 1 unspecified atom stereocenters. The van der Waals surface area contributed by atoms with Gasteiger partial charge in [0.25, 0.3) is 5.82 Å². The monoisotopic (exact) mass is 580 g/mol. The first-order valence-electron chi connectivity index (χ1n) is 11.7. The zero-order chi connectivity index (χ0) is 23.0. The Labute approximate surface area is 219 Å². The number of aryl methyl sites for hydroxylation is 2. The summed E-state index contributed by atoms with van der Waals surface area (Å²) in [7, 11) is 2.04. The predicted molar refractivity (Wildman–Crippen MR) is 130 cm³/mol. The van der Waals surface area contributed by atoms with Crippen LogP contribution in [-0.2, 0) is 23.1 Å². The maximum atomic E-state index is 13.2. The highest BCUT2D eigenvalue weighted by Gasteiger charge is 2.34. The molecule has 1 aromatic heterocycles. The summed E-state index contributed by atoms with van der Waals surface area (Å²) in [6.07, 6.45) is 3.31. The van der Waals surface area contributed by atoms with Crippen molar-refractivity contribution in [1.29, 1.82) is 0 Å². The molecular weight excluding hydrogens is 547 g/mol. The van der Waals surface area contributed by atoms with Crippen LogP contribution in [0.2, 0.25) is 5.02 Å². The molecule has 178 valence electrons. The number of fused-ring (bicyclic) bond motifs is 1. The first-order valence-corrected chi connectivity index (χ1v) is 12.1. The van der Waals surface area contributed by atoms with E-state index in [0.29, 0.717) is 17.8 Å². The number of halogens is 2. The average molecular weight is 581 g/mol. The van der Waals surface area contributed by atoms with Gasteiger partial charge in [-0.25, -0.2) is 13.9 Å². The number of esters is 1. The van der Waals surface area contributed by atoms with E-state index in [0.717, 1.165) is 45.8 Å². The standard InChI is InChI=1S/C27H34ClN2O2.HI/c1-17(2)21-12-10-18(3)14-25(21)32-26(31)16-30-24-9-7-6-8-23(24)29(5)27(30)20-11-13-22(28)19(4)15-20;/h6-9,11,13,15,17-18,21,25H,10,12,14,16H2,1-5H3;1H/q+1;/p-1/t18-,21+,25?;/m1./s1. The lowest BCUT2D eigenvalue weighted by molar-refractivity contribution is -0.634. The van der Waals surface area contributed by atoms with Crippen LogP contribution in [0.25, 0.3) is 22.4 Å². The van der Waals surface area contributed by atoms with Crippen molar-refractivity contribution in [2.24, 2.45) is 24.8 Å². The van der Waals surface area contributed by atoms with Crippen LogP contribution in [0, 0.1) is 24.7 Å². The van der Waals surface area contributed by atoms with Gasteiger partial charge in [-0.3, -0.25) is 0 Å².